The molecule has 0 spiro atoms. The highest BCUT2D eigenvalue weighted by Gasteiger charge is 2.41. The minimum absolute atomic E-state index is 0.0689. The third-order valence-electron chi connectivity index (χ3n) is 4.49. The maximum atomic E-state index is 10.5. The molecule has 0 saturated carbocycles. The third-order valence-corrected chi connectivity index (χ3v) is 4.49. The molecule has 4 heteroatoms. The van der Waals surface area contributed by atoms with Crippen molar-refractivity contribution in [3.8, 4) is 0 Å². The molecular formula is C16H21NO3. The van der Waals surface area contributed by atoms with Crippen molar-refractivity contribution < 1.29 is 14.3 Å². The van der Waals surface area contributed by atoms with E-state index < -0.39 is 6.10 Å². The zero-order chi connectivity index (χ0) is 14.3. The predicted octanol–water partition coefficient (Wildman–Crippen LogP) is 2.79. The van der Waals surface area contributed by atoms with Gasteiger partial charge in [-0.3, -0.25) is 0 Å². The van der Waals surface area contributed by atoms with Crippen LogP contribution in [0.3, 0.4) is 0 Å². The number of rotatable bonds is 3. The van der Waals surface area contributed by atoms with Gasteiger partial charge >= 0.3 is 0 Å². The highest BCUT2D eigenvalue weighted by Crippen LogP contribution is 2.35. The van der Waals surface area contributed by atoms with E-state index in [9.17, 15) is 5.11 Å². The van der Waals surface area contributed by atoms with Crippen LogP contribution < -0.4 is 0 Å². The van der Waals surface area contributed by atoms with Crippen LogP contribution in [0.15, 0.2) is 28.7 Å². The first-order valence-electron chi connectivity index (χ1n) is 7.24. The van der Waals surface area contributed by atoms with Crippen LogP contribution in [-0.4, -0.2) is 28.4 Å². The van der Waals surface area contributed by atoms with Crippen LogP contribution in [0.2, 0.25) is 0 Å². The molecule has 1 aliphatic heterocycles. The Balaban J connectivity index is 1.76. The quantitative estimate of drug-likeness (QED) is 0.935. The van der Waals surface area contributed by atoms with Crippen LogP contribution >= 0.6 is 0 Å². The number of hydrogen-bond donors (Lipinski definition) is 1. The van der Waals surface area contributed by atoms with Crippen LogP contribution in [0.25, 0.3) is 11.1 Å². The number of hydrogen-bond acceptors (Lipinski definition) is 4. The van der Waals surface area contributed by atoms with Crippen molar-refractivity contribution in [1.29, 1.82) is 0 Å². The van der Waals surface area contributed by atoms with E-state index in [2.05, 4.69) is 18.8 Å². The smallest absolute Gasteiger partial charge is 0.198 e. The predicted molar refractivity (Wildman–Crippen MR) is 76.4 cm³/mol. The van der Waals surface area contributed by atoms with Crippen LogP contribution in [-0.2, 0) is 11.2 Å². The highest BCUT2D eigenvalue weighted by molar-refractivity contribution is 5.72. The second kappa shape index (κ2) is 5.19. The summed E-state index contributed by atoms with van der Waals surface area (Å²) in [6, 6.07) is 7.66. The van der Waals surface area contributed by atoms with Crippen molar-refractivity contribution in [3.05, 3.63) is 30.2 Å². The summed E-state index contributed by atoms with van der Waals surface area (Å²) in [5.74, 6) is 1.06. The molecule has 1 aliphatic rings. The van der Waals surface area contributed by atoms with Crippen molar-refractivity contribution in [2.75, 3.05) is 0 Å². The number of nitrogens with zero attached hydrogens (tertiary/aromatic N) is 1. The van der Waals surface area contributed by atoms with E-state index >= 15 is 0 Å². The molecule has 4 nitrogen and oxygen atoms in total. The summed E-state index contributed by atoms with van der Waals surface area (Å²) in [5.41, 5.74) is 1.61. The molecule has 2 aromatic rings. The van der Waals surface area contributed by atoms with Crippen molar-refractivity contribution in [2.24, 2.45) is 11.8 Å². The second-order valence-corrected chi connectivity index (χ2v) is 5.83. The van der Waals surface area contributed by atoms with E-state index in [1.54, 1.807) is 0 Å². The summed E-state index contributed by atoms with van der Waals surface area (Å²) < 4.78 is 11.5. The Morgan fingerprint density at radius 2 is 1.95 bits per heavy atom. The molecule has 0 aliphatic carbocycles. The number of ether oxygens (including phenoxy) is 1. The number of aliphatic hydroxyl groups excluding tert-OH is 1. The summed E-state index contributed by atoms with van der Waals surface area (Å²) in [4.78, 5) is 4.43. The maximum absolute atomic E-state index is 10.5. The van der Waals surface area contributed by atoms with Crippen molar-refractivity contribution in [1.82, 2.24) is 4.98 Å². The number of oxazole rings is 1. The Morgan fingerprint density at radius 3 is 2.60 bits per heavy atom. The van der Waals surface area contributed by atoms with E-state index in [0.717, 1.165) is 11.1 Å². The Morgan fingerprint density at radius 1 is 1.20 bits per heavy atom. The van der Waals surface area contributed by atoms with Gasteiger partial charge in [-0.1, -0.05) is 19.1 Å². The molecule has 1 saturated heterocycles. The summed E-state index contributed by atoms with van der Waals surface area (Å²) in [6.07, 6.45) is 0.204. The van der Waals surface area contributed by atoms with Gasteiger partial charge in [-0.05, 0) is 31.9 Å². The zero-order valence-electron chi connectivity index (χ0n) is 12.1. The van der Waals surface area contributed by atoms with Crippen molar-refractivity contribution in [2.45, 2.75) is 45.5 Å². The van der Waals surface area contributed by atoms with Gasteiger partial charge in [0.25, 0.3) is 0 Å². The summed E-state index contributed by atoms with van der Waals surface area (Å²) >= 11 is 0. The molecule has 20 heavy (non-hydrogen) atoms. The van der Waals surface area contributed by atoms with Gasteiger partial charge in [0.2, 0.25) is 0 Å². The average Bonchev–Trinajstić information content (AvgIpc) is 2.90. The SMILES string of the molecule is CC1OC(C)C(C(O)Cc2nc3ccccc3o2)C1C. The van der Waals surface area contributed by atoms with Crippen LogP contribution in [0, 0.1) is 11.8 Å². The first-order valence-corrected chi connectivity index (χ1v) is 7.24. The Kier molecular flexibility index (Phi) is 3.52. The average molecular weight is 275 g/mol. The Hall–Kier alpha value is -1.39. The van der Waals surface area contributed by atoms with E-state index in [1.165, 1.54) is 0 Å². The van der Waals surface area contributed by atoms with Crippen LogP contribution in [0.5, 0.6) is 0 Å². The number of para-hydroxylation sites is 2. The summed E-state index contributed by atoms with van der Waals surface area (Å²) in [6.45, 7) is 6.22. The molecule has 1 fully saturated rings. The minimum Gasteiger partial charge on any atom is -0.441 e. The van der Waals surface area contributed by atoms with Gasteiger partial charge in [-0.2, -0.15) is 0 Å². The molecule has 0 bridgehead atoms. The van der Waals surface area contributed by atoms with Gasteiger partial charge in [0.1, 0.15) is 5.52 Å². The van der Waals surface area contributed by atoms with Crippen molar-refractivity contribution >= 4 is 11.1 Å². The number of aromatic nitrogens is 1. The Labute approximate surface area is 118 Å². The van der Waals surface area contributed by atoms with E-state index in [4.69, 9.17) is 9.15 Å². The molecule has 1 N–H and O–H groups in total. The fraction of sp³-hybridized carbons (Fsp3) is 0.562. The topological polar surface area (TPSA) is 55.5 Å². The molecule has 5 unspecified atom stereocenters. The Bertz CT molecular complexity index is 561. The number of aliphatic hydroxyl groups is 1. The van der Waals surface area contributed by atoms with Gasteiger partial charge in [-0.15, -0.1) is 0 Å². The molecule has 3 rings (SSSR count). The zero-order valence-corrected chi connectivity index (χ0v) is 12.1. The van der Waals surface area contributed by atoms with Gasteiger partial charge in [0, 0.05) is 5.92 Å². The van der Waals surface area contributed by atoms with Gasteiger partial charge in [0.05, 0.1) is 24.7 Å². The molecule has 1 aromatic carbocycles. The number of fused-ring (bicyclic) bond motifs is 1. The van der Waals surface area contributed by atoms with E-state index in [0.29, 0.717) is 18.2 Å². The standard InChI is InChI=1S/C16H21NO3/c1-9-10(2)19-11(3)16(9)13(18)8-15-17-12-6-4-5-7-14(12)20-15/h4-7,9-11,13,16,18H,8H2,1-3H3. The normalized spacial score (nSPS) is 31.8. The van der Waals surface area contributed by atoms with E-state index in [-0.39, 0.29) is 18.1 Å². The highest BCUT2D eigenvalue weighted by atomic mass is 16.5. The summed E-state index contributed by atoms with van der Waals surface area (Å²) in [7, 11) is 0. The summed E-state index contributed by atoms with van der Waals surface area (Å²) in [5, 5.41) is 10.5. The van der Waals surface area contributed by atoms with E-state index in [1.807, 2.05) is 31.2 Å². The molecule has 108 valence electrons. The van der Waals surface area contributed by atoms with Crippen molar-refractivity contribution in [3.63, 3.8) is 0 Å². The lowest BCUT2D eigenvalue weighted by Gasteiger charge is -2.23. The first kappa shape index (κ1) is 13.6. The third kappa shape index (κ3) is 2.34. The molecule has 2 heterocycles. The van der Waals surface area contributed by atoms with Gasteiger partial charge in [0.15, 0.2) is 11.5 Å². The maximum Gasteiger partial charge on any atom is 0.198 e. The lowest BCUT2D eigenvalue weighted by atomic mass is 9.84. The lowest BCUT2D eigenvalue weighted by molar-refractivity contribution is 0.0223. The lowest BCUT2D eigenvalue weighted by Crippen LogP contribution is -2.32. The molecule has 5 atom stereocenters. The van der Waals surface area contributed by atoms with Gasteiger partial charge < -0.3 is 14.3 Å². The second-order valence-electron chi connectivity index (χ2n) is 5.83. The monoisotopic (exact) mass is 275 g/mol. The number of benzene rings is 1. The van der Waals surface area contributed by atoms with Crippen LogP contribution in [0.1, 0.15) is 26.7 Å². The minimum atomic E-state index is -0.488. The fourth-order valence-corrected chi connectivity index (χ4v) is 3.28. The van der Waals surface area contributed by atoms with Gasteiger partial charge in [-0.25, -0.2) is 4.98 Å². The molecular weight excluding hydrogens is 254 g/mol. The van der Waals surface area contributed by atoms with Crippen LogP contribution in [0.4, 0.5) is 0 Å². The molecule has 0 radical (unpaired) electrons. The molecule has 0 amide bonds. The fourth-order valence-electron chi connectivity index (χ4n) is 3.28. The largest absolute Gasteiger partial charge is 0.441 e. The first-order chi connectivity index (χ1) is 9.56. The molecule has 1 aromatic heterocycles.